The van der Waals surface area contributed by atoms with E-state index in [0.29, 0.717) is 0 Å². The summed E-state index contributed by atoms with van der Waals surface area (Å²) in [5, 5.41) is 90.1. The summed E-state index contributed by atoms with van der Waals surface area (Å²) in [6.07, 6.45) is -6.99. The lowest BCUT2D eigenvalue weighted by Crippen LogP contribution is -2.52. The monoisotopic (exact) mass is 570 g/mol. The van der Waals surface area contributed by atoms with Gasteiger partial charge in [-0.05, 0) is 30.3 Å². The van der Waals surface area contributed by atoms with Crippen LogP contribution in [0.3, 0.4) is 0 Å². The summed E-state index contributed by atoms with van der Waals surface area (Å²) >= 11 is 0. The minimum atomic E-state index is -1.86. The topological polar surface area (TPSA) is 248 Å². The van der Waals surface area contributed by atoms with Crippen LogP contribution in [0.1, 0.15) is 22.0 Å². The van der Waals surface area contributed by atoms with Gasteiger partial charge in [-0.2, -0.15) is 0 Å². The number of rotatable bonds is 4. The molecule has 14 nitrogen and oxygen atoms in total. The van der Waals surface area contributed by atoms with Crippen LogP contribution in [0.2, 0.25) is 0 Å². The molecule has 0 unspecified atom stereocenters. The van der Waals surface area contributed by atoms with Crippen molar-refractivity contribution >= 4 is 16.9 Å². The summed E-state index contributed by atoms with van der Waals surface area (Å²) in [7, 11) is 0. The van der Waals surface area contributed by atoms with Gasteiger partial charge in [0, 0.05) is 17.7 Å². The van der Waals surface area contributed by atoms with Crippen molar-refractivity contribution in [1.29, 1.82) is 0 Å². The van der Waals surface area contributed by atoms with Gasteiger partial charge in [-0.1, -0.05) is 0 Å². The van der Waals surface area contributed by atoms with Crippen LogP contribution in [-0.4, -0.2) is 76.8 Å². The van der Waals surface area contributed by atoms with Crippen LogP contribution in [0.15, 0.2) is 51.7 Å². The molecule has 1 aliphatic rings. The van der Waals surface area contributed by atoms with Crippen LogP contribution in [-0.2, 0) is 9.47 Å². The Hall–Kier alpha value is -5.18. The number of carbonyl (C=O) groups is 1. The van der Waals surface area contributed by atoms with Gasteiger partial charge in [0.15, 0.2) is 34.9 Å². The molecule has 14 heteroatoms. The molecule has 3 aromatic carbocycles. The highest BCUT2D eigenvalue weighted by atomic mass is 16.6. The van der Waals surface area contributed by atoms with Crippen LogP contribution in [0.5, 0.6) is 40.2 Å². The number of hydrogen-bond acceptors (Lipinski definition) is 14. The van der Waals surface area contributed by atoms with E-state index in [2.05, 4.69) is 0 Å². The van der Waals surface area contributed by atoms with Crippen molar-refractivity contribution < 1.29 is 64.6 Å². The highest BCUT2D eigenvalue weighted by molar-refractivity contribution is 5.91. The molecule has 41 heavy (non-hydrogen) atoms. The van der Waals surface area contributed by atoms with Crippen LogP contribution < -0.4 is 5.43 Å². The number of carbonyl (C=O) groups excluding carboxylic acids is 1. The van der Waals surface area contributed by atoms with E-state index in [4.69, 9.17) is 13.9 Å². The smallest absolute Gasteiger partial charge is 0.338 e. The minimum absolute atomic E-state index is 0.0141. The first kappa shape index (κ1) is 27.4. The van der Waals surface area contributed by atoms with Crippen LogP contribution in [0, 0.1) is 0 Å². The minimum Gasteiger partial charge on any atom is -0.508 e. The average molecular weight is 570 g/mol. The van der Waals surface area contributed by atoms with E-state index in [1.54, 1.807) is 0 Å². The maximum absolute atomic E-state index is 13.9. The Balaban J connectivity index is 1.71. The summed E-state index contributed by atoms with van der Waals surface area (Å²) in [5.41, 5.74) is -2.19. The second-order valence-electron chi connectivity index (χ2n) is 9.26. The van der Waals surface area contributed by atoms with E-state index in [1.807, 2.05) is 0 Å². The Morgan fingerprint density at radius 2 is 1.51 bits per heavy atom. The van der Waals surface area contributed by atoms with E-state index < -0.39 is 99.2 Å². The molecular weight excluding hydrogens is 548 g/mol. The van der Waals surface area contributed by atoms with Crippen molar-refractivity contribution in [2.75, 3.05) is 6.61 Å². The van der Waals surface area contributed by atoms with Gasteiger partial charge in [0.25, 0.3) is 0 Å². The van der Waals surface area contributed by atoms with Gasteiger partial charge in [-0.25, -0.2) is 4.79 Å². The molecule has 4 atom stereocenters. The summed E-state index contributed by atoms with van der Waals surface area (Å²) in [6.45, 7) is -0.556. The molecule has 214 valence electrons. The molecular formula is C27H22O14. The maximum atomic E-state index is 13.9. The van der Waals surface area contributed by atoms with E-state index >= 15 is 0 Å². The zero-order valence-electron chi connectivity index (χ0n) is 20.6. The third kappa shape index (κ3) is 4.75. The standard InChI is InChI=1S/C27H22O14/c28-11-6-14(31)19-18(7-11)40-24(9-1-2-12(29)13(30)3-9)20(23(19)37)25-26(22(36)17(34)8-39-25)41-27(38)10-4-15(32)21(35)16(33)5-10/h1-7,17,22,25-26,28-36H,8H2/t17-,22+,25+,26-/m1/s1. The van der Waals surface area contributed by atoms with Gasteiger partial charge >= 0.3 is 5.97 Å². The highest BCUT2D eigenvalue weighted by Crippen LogP contribution is 2.42. The zero-order chi connectivity index (χ0) is 29.7. The van der Waals surface area contributed by atoms with E-state index in [0.717, 1.165) is 36.4 Å². The Bertz CT molecular complexity index is 1720. The van der Waals surface area contributed by atoms with Gasteiger partial charge in [-0.3, -0.25) is 4.79 Å². The number of aliphatic hydroxyl groups excluding tert-OH is 2. The summed E-state index contributed by atoms with van der Waals surface area (Å²) < 4.78 is 16.9. The largest absolute Gasteiger partial charge is 0.508 e. The lowest BCUT2D eigenvalue weighted by Gasteiger charge is -2.38. The molecule has 1 fully saturated rings. The van der Waals surface area contributed by atoms with Crippen molar-refractivity contribution in [3.8, 4) is 51.6 Å². The SMILES string of the molecule is O=C(O[C@@H]1[C@@H](O)[C@H](O)CO[C@H]1c1c(-c2ccc(O)c(O)c2)oc2cc(O)cc(O)c2c1=O)c1cc(O)c(O)c(O)c1. The number of aromatic hydroxyl groups is 7. The first-order chi connectivity index (χ1) is 19.4. The number of ether oxygens (including phenoxy) is 2. The Morgan fingerprint density at radius 3 is 2.17 bits per heavy atom. The number of fused-ring (bicyclic) bond motifs is 1. The van der Waals surface area contributed by atoms with E-state index in [-0.39, 0.29) is 16.9 Å². The molecule has 0 bridgehead atoms. The number of phenols is 7. The molecule has 9 N–H and O–H groups in total. The quantitative estimate of drug-likeness (QED) is 0.124. The molecule has 2 heterocycles. The molecule has 0 saturated carbocycles. The zero-order valence-corrected chi connectivity index (χ0v) is 20.6. The molecule has 0 spiro atoms. The number of phenolic OH excluding ortho intramolecular Hbond substituents is 7. The van der Waals surface area contributed by atoms with E-state index in [1.165, 1.54) is 6.07 Å². The Kier molecular flexibility index (Phi) is 6.74. The number of aliphatic hydroxyl groups is 2. The van der Waals surface area contributed by atoms with Crippen molar-refractivity contribution in [3.63, 3.8) is 0 Å². The fourth-order valence-electron chi connectivity index (χ4n) is 4.52. The highest BCUT2D eigenvalue weighted by Gasteiger charge is 2.45. The number of benzene rings is 3. The first-order valence-corrected chi connectivity index (χ1v) is 11.9. The van der Waals surface area contributed by atoms with Gasteiger partial charge < -0.3 is 59.8 Å². The van der Waals surface area contributed by atoms with Crippen LogP contribution in [0.4, 0.5) is 0 Å². The maximum Gasteiger partial charge on any atom is 0.338 e. The molecule has 0 amide bonds. The van der Waals surface area contributed by atoms with E-state index in [9.17, 15) is 55.5 Å². The summed E-state index contributed by atoms with van der Waals surface area (Å²) in [6, 6.07) is 6.80. The molecule has 1 aromatic heterocycles. The Labute approximate surface area is 228 Å². The van der Waals surface area contributed by atoms with Gasteiger partial charge in [0.2, 0.25) is 5.43 Å². The van der Waals surface area contributed by atoms with Gasteiger partial charge in [0.05, 0.1) is 17.7 Å². The fraction of sp³-hybridized carbons (Fsp3) is 0.185. The Morgan fingerprint density at radius 1 is 0.829 bits per heavy atom. The van der Waals surface area contributed by atoms with Crippen molar-refractivity contribution in [1.82, 2.24) is 0 Å². The fourth-order valence-corrected chi connectivity index (χ4v) is 4.52. The lowest BCUT2D eigenvalue weighted by atomic mass is 9.91. The normalized spacial score (nSPS) is 20.6. The van der Waals surface area contributed by atoms with Crippen molar-refractivity contribution in [3.05, 3.63) is 63.8 Å². The molecule has 1 aliphatic heterocycles. The lowest BCUT2D eigenvalue weighted by molar-refractivity contribution is -0.190. The van der Waals surface area contributed by atoms with Crippen molar-refractivity contribution in [2.45, 2.75) is 24.4 Å². The molecule has 5 rings (SSSR count). The first-order valence-electron chi connectivity index (χ1n) is 11.9. The molecule has 0 aliphatic carbocycles. The van der Waals surface area contributed by atoms with Gasteiger partial charge in [-0.15, -0.1) is 0 Å². The summed E-state index contributed by atoms with van der Waals surface area (Å²) in [4.78, 5) is 26.8. The number of esters is 1. The summed E-state index contributed by atoms with van der Waals surface area (Å²) in [5.74, 6) is -6.49. The molecule has 0 radical (unpaired) electrons. The molecule has 1 saturated heterocycles. The predicted octanol–water partition coefficient (Wildman–Crippen LogP) is 1.42. The predicted molar refractivity (Wildman–Crippen MR) is 136 cm³/mol. The average Bonchev–Trinajstić information content (AvgIpc) is 2.91. The second kappa shape index (κ2) is 10.1. The number of hydrogen-bond donors (Lipinski definition) is 9. The third-order valence-corrected chi connectivity index (χ3v) is 6.54. The van der Waals surface area contributed by atoms with Crippen LogP contribution >= 0.6 is 0 Å². The van der Waals surface area contributed by atoms with Crippen LogP contribution in [0.25, 0.3) is 22.3 Å². The third-order valence-electron chi connectivity index (χ3n) is 6.54. The van der Waals surface area contributed by atoms with Gasteiger partial charge in [0.1, 0.15) is 46.5 Å². The van der Waals surface area contributed by atoms with Crippen molar-refractivity contribution in [2.24, 2.45) is 0 Å². The second-order valence-corrected chi connectivity index (χ2v) is 9.26. The molecule has 4 aromatic rings.